The summed E-state index contributed by atoms with van der Waals surface area (Å²) in [5.74, 6) is 0.400. The predicted molar refractivity (Wildman–Crippen MR) is 97.3 cm³/mol. The number of carbonyl (C=O) groups is 1. The van der Waals surface area contributed by atoms with Gasteiger partial charge in [-0.25, -0.2) is 0 Å². The van der Waals surface area contributed by atoms with Gasteiger partial charge in [-0.2, -0.15) is 0 Å². The molecule has 6 nitrogen and oxygen atoms in total. The number of carbonyl (C=O) groups excluding carboxylic acids is 1. The van der Waals surface area contributed by atoms with E-state index in [1.165, 1.54) is 18.5 Å². The van der Waals surface area contributed by atoms with E-state index in [4.69, 9.17) is 20.8 Å². The normalized spacial score (nSPS) is 10.5. The molecule has 2 heterocycles. The van der Waals surface area contributed by atoms with E-state index < -0.39 is 0 Å². The Morgan fingerprint density at radius 3 is 2.81 bits per heavy atom. The smallest absolute Gasteiger partial charge is 0.268 e. The standard InChI is InChI=1S/C19H17ClN2O4/c1-22-11-18(26-12-13-5-2-3-7-15(13)20)17(23)9-16(22)19(24)21-10-14-6-4-8-25-14/h2-9,11H,10,12H2,1H3,(H,21,24). The van der Waals surface area contributed by atoms with Crippen LogP contribution in [0, 0.1) is 0 Å². The van der Waals surface area contributed by atoms with E-state index in [9.17, 15) is 9.59 Å². The number of pyridine rings is 1. The van der Waals surface area contributed by atoms with Crippen molar-refractivity contribution in [1.82, 2.24) is 9.88 Å². The second-order valence-corrected chi connectivity index (χ2v) is 6.05. The summed E-state index contributed by atoms with van der Waals surface area (Å²) >= 11 is 6.08. The van der Waals surface area contributed by atoms with E-state index in [-0.39, 0.29) is 35.9 Å². The summed E-state index contributed by atoms with van der Waals surface area (Å²) in [6, 6.07) is 12.0. The summed E-state index contributed by atoms with van der Waals surface area (Å²) in [6.45, 7) is 0.406. The summed E-state index contributed by atoms with van der Waals surface area (Å²) in [4.78, 5) is 24.5. The molecule has 1 aromatic carbocycles. The molecule has 26 heavy (non-hydrogen) atoms. The van der Waals surface area contributed by atoms with Gasteiger partial charge in [-0.05, 0) is 18.2 Å². The zero-order valence-electron chi connectivity index (χ0n) is 14.1. The lowest BCUT2D eigenvalue weighted by Crippen LogP contribution is -2.27. The molecule has 0 aliphatic heterocycles. The Hall–Kier alpha value is -2.99. The summed E-state index contributed by atoms with van der Waals surface area (Å²) in [5.41, 5.74) is 0.626. The summed E-state index contributed by atoms with van der Waals surface area (Å²) < 4.78 is 12.3. The number of nitrogens with one attached hydrogen (secondary N) is 1. The van der Waals surface area contributed by atoms with Crippen molar-refractivity contribution in [2.24, 2.45) is 7.05 Å². The number of nitrogens with zero attached hydrogens (tertiary/aromatic N) is 1. The van der Waals surface area contributed by atoms with Crippen molar-refractivity contribution in [1.29, 1.82) is 0 Å². The van der Waals surface area contributed by atoms with Crippen LogP contribution in [0.15, 0.2) is 64.1 Å². The Balaban J connectivity index is 1.70. The third-order valence-corrected chi connectivity index (χ3v) is 4.15. The van der Waals surface area contributed by atoms with Crippen LogP contribution < -0.4 is 15.5 Å². The van der Waals surface area contributed by atoms with Gasteiger partial charge in [0.15, 0.2) is 5.75 Å². The molecular formula is C19H17ClN2O4. The van der Waals surface area contributed by atoms with Gasteiger partial charge < -0.3 is 19.0 Å². The second-order valence-electron chi connectivity index (χ2n) is 5.64. The lowest BCUT2D eigenvalue weighted by atomic mass is 10.2. The zero-order valence-corrected chi connectivity index (χ0v) is 14.8. The van der Waals surface area contributed by atoms with Crippen molar-refractivity contribution < 1.29 is 13.9 Å². The quantitative estimate of drug-likeness (QED) is 0.721. The van der Waals surface area contributed by atoms with Crippen molar-refractivity contribution >= 4 is 17.5 Å². The van der Waals surface area contributed by atoms with Gasteiger partial charge in [0, 0.05) is 23.7 Å². The maximum atomic E-state index is 12.3. The van der Waals surface area contributed by atoms with Gasteiger partial charge in [0.1, 0.15) is 18.1 Å². The number of rotatable bonds is 6. The molecule has 1 amide bonds. The minimum absolute atomic E-state index is 0.148. The number of benzene rings is 1. The minimum Gasteiger partial charge on any atom is -0.483 e. The first-order valence-electron chi connectivity index (χ1n) is 7.92. The van der Waals surface area contributed by atoms with Crippen molar-refractivity contribution in [2.75, 3.05) is 0 Å². The Morgan fingerprint density at radius 2 is 2.08 bits per heavy atom. The summed E-state index contributed by atoms with van der Waals surface area (Å²) in [6.07, 6.45) is 3.02. The first kappa shape index (κ1) is 17.8. The number of amides is 1. The number of furan rings is 1. The van der Waals surface area contributed by atoms with Crippen LogP contribution in [0.4, 0.5) is 0 Å². The van der Waals surface area contributed by atoms with E-state index in [0.29, 0.717) is 10.8 Å². The molecule has 0 aliphatic carbocycles. The average molecular weight is 373 g/mol. The largest absolute Gasteiger partial charge is 0.483 e. The van der Waals surface area contributed by atoms with Gasteiger partial charge >= 0.3 is 0 Å². The van der Waals surface area contributed by atoms with Crippen molar-refractivity contribution in [3.63, 3.8) is 0 Å². The van der Waals surface area contributed by atoms with Crippen molar-refractivity contribution in [3.05, 3.63) is 87.2 Å². The monoisotopic (exact) mass is 372 g/mol. The number of hydrogen-bond donors (Lipinski definition) is 1. The maximum absolute atomic E-state index is 12.3. The average Bonchev–Trinajstić information content (AvgIpc) is 3.15. The number of ether oxygens (including phenoxy) is 1. The molecule has 0 saturated heterocycles. The van der Waals surface area contributed by atoms with Crippen LogP contribution in [-0.2, 0) is 20.2 Å². The summed E-state index contributed by atoms with van der Waals surface area (Å²) in [7, 11) is 1.67. The van der Waals surface area contributed by atoms with Crippen molar-refractivity contribution in [2.45, 2.75) is 13.2 Å². The van der Waals surface area contributed by atoms with E-state index in [2.05, 4.69) is 5.32 Å². The van der Waals surface area contributed by atoms with Gasteiger partial charge in [-0.15, -0.1) is 0 Å². The molecule has 0 bridgehead atoms. The highest BCUT2D eigenvalue weighted by Crippen LogP contribution is 2.17. The molecule has 0 spiro atoms. The molecule has 0 fully saturated rings. The van der Waals surface area contributed by atoms with E-state index in [1.807, 2.05) is 18.2 Å². The lowest BCUT2D eigenvalue weighted by Gasteiger charge is -2.12. The molecule has 0 radical (unpaired) electrons. The van der Waals surface area contributed by atoms with Crippen LogP contribution in [-0.4, -0.2) is 10.5 Å². The maximum Gasteiger partial charge on any atom is 0.268 e. The van der Waals surface area contributed by atoms with Crippen LogP contribution in [0.1, 0.15) is 21.8 Å². The van der Waals surface area contributed by atoms with E-state index in [0.717, 1.165) is 5.56 Å². The Kier molecular flexibility index (Phi) is 5.43. The van der Waals surface area contributed by atoms with Gasteiger partial charge in [-0.3, -0.25) is 9.59 Å². The zero-order chi connectivity index (χ0) is 18.5. The van der Waals surface area contributed by atoms with Gasteiger partial charge in [0.25, 0.3) is 5.91 Å². The molecule has 7 heteroatoms. The summed E-state index contributed by atoms with van der Waals surface area (Å²) in [5, 5.41) is 3.27. The third-order valence-electron chi connectivity index (χ3n) is 3.78. The number of hydrogen-bond acceptors (Lipinski definition) is 4. The van der Waals surface area contributed by atoms with Crippen LogP contribution in [0.25, 0.3) is 0 Å². The van der Waals surface area contributed by atoms with Crippen LogP contribution in [0.5, 0.6) is 5.75 Å². The Morgan fingerprint density at radius 1 is 1.27 bits per heavy atom. The fraction of sp³-hybridized carbons (Fsp3) is 0.158. The van der Waals surface area contributed by atoms with Crippen LogP contribution >= 0.6 is 11.6 Å². The van der Waals surface area contributed by atoms with Gasteiger partial charge in [0.2, 0.25) is 5.43 Å². The highest BCUT2D eigenvalue weighted by atomic mass is 35.5. The molecule has 134 valence electrons. The number of aromatic nitrogens is 1. The van der Waals surface area contributed by atoms with E-state index >= 15 is 0 Å². The molecule has 1 N–H and O–H groups in total. The SMILES string of the molecule is Cn1cc(OCc2ccccc2Cl)c(=O)cc1C(=O)NCc1ccco1. The highest BCUT2D eigenvalue weighted by molar-refractivity contribution is 6.31. The van der Waals surface area contributed by atoms with Crippen molar-refractivity contribution in [3.8, 4) is 5.75 Å². The Bertz CT molecular complexity index is 964. The fourth-order valence-corrected chi connectivity index (χ4v) is 2.57. The predicted octanol–water partition coefficient (Wildman–Crippen LogP) is 3.14. The minimum atomic E-state index is -0.377. The van der Waals surface area contributed by atoms with Crippen LogP contribution in [0.3, 0.4) is 0 Å². The fourth-order valence-electron chi connectivity index (χ4n) is 2.38. The second kappa shape index (κ2) is 7.93. The molecule has 0 atom stereocenters. The number of halogens is 1. The van der Waals surface area contributed by atoms with Crippen LogP contribution in [0.2, 0.25) is 5.02 Å². The molecule has 3 rings (SSSR count). The molecule has 2 aromatic heterocycles. The lowest BCUT2D eigenvalue weighted by molar-refractivity contribution is 0.0938. The van der Waals surface area contributed by atoms with E-state index in [1.54, 1.807) is 29.8 Å². The first-order chi connectivity index (χ1) is 12.5. The third kappa shape index (κ3) is 4.15. The van der Waals surface area contributed by atoms with Gasteiger partial charge in [0.05, 0.1) is 19.0 Å². The Labute approximate surface area is 155 Å². The molecule has 0 aliphatic rings. The molecular weight excluding hydrogens is 356 g/mol. The molecule has 0 saturated carbocycles. The first-order valence-corrected chi connectivity index (χ1v) is 8.30. The topological polar surface area (TPSA) is 73.5 Å². The molecule has 3 aromatic rings. The molecule has 0 unspecified atom stereocenters. The highest BCUT2D eigenvalue weighted by Gasteiger charge is 2.13. The number of aryl methyl sites for hydroxylation is 1. The van der Waals surface area contributed by atoms with Gasteiger partial charge in [-0.1, -0.05) is 29.8 Å².